The molecule has 0 saturated heterocycles. The highest BCUT2D eigenvalue weighted by atomic mass is 16.6. The van der Waals surface area contributed by atoms with Gasteiger partial charge in [-0.25, -0.2) is 0 Å². The Kier molecular flexibility index (Phi) is 6.51. The van der Waals surface area contributed by atoms with Crippen LogP contribution in [0, 0.1) is 10.1 Å². The fourth-order valence-corrected chi connectivity index (χ4v) is 2.53. The molecular weight excluding hydrogens is 338 g/mol. The molecule has 1 amide bonds. The summed E-state index contributed by atoms with van der Waals surface area (Å²) in [6, 6.07) is 11.7. The molecule has 1 unspecified atom stereocenters. The summed E-state index contributed by atoms with van der Waals surface area (Å²) >= 11 is 0. The summed E-state index contributed by atoms with van der Waals surface area (Å²) in [5.41, 5.74) is 1.24. The number of nitrogens with zero attached hydrogens (tertiary/aromatic N) is 1. The number of amides is 1. The first-order valence-electron chi connectivity index (χ1n) is 7.99. The number of benzene rings is 2. The van der Waals surface area contributed by atoms with Crippen LogP contribution in [-0.4, -0.2) is 38.6 Å². The summed E-state index contributed by atoms with van der Waals surface area (Å²) in [6.45, 7) is 0.862. The van der Waals surface area contributed by atoms with Gasteiger partial charge in [0, 0.05) is 17.7 Å². The number of nitrogens with one attached hydrogen (secondary N) is 2. The maximum absolute atomic E-state index is 12.3. The topological polar surface area (TPSA) is 95.1 Å². The monoisotopic (exact) mass is 360 g/mol. The average Bonchev–Trinajstić information content (AvgIpc) is 2.62. The molecule has 8 nitrogen and oxygen atoms in total. The van der Waals surface area contributed by atoms with E-state index in [9.17, 15) is 14.9 Å². The van der Waals surface area contributed by atoms with Gasteiger partial charge in [-0.3, -0.25) is 14.9 Å². The number of ether oxygens (including phenoxy) is 2. The van der Waals surface area contributed by atoms with Gasteiger partial charge in [-0.2, -0.15) is 0 Å². The van der Waals surface area contributed by atoms with E-state index in [0.717, 1.165) is 16.2 Å². The summed E-state index contributed by atoms with van der Waals surface area (Å²) in [5.74, 6) is 0.897. The van der Waals surface area contributed by atoms with Crippen LogP contribution in [-0.2, 0) is 11.3 Å². The number of hydrogen-bond donors (Lipinski definition) is 2. The quantitative estimate of drug-likeness (QED) is 0.546. The van der Waals surface area contributed by atoms with Crippen LogP contribution in [0.1, 0.15) is 5.56 Å². The number of quaternary nitrogens is 1. The van der Waals surface area contributed by atoms with Gasteiger partial charge in [-0.1, -0.05) is 0 Å². The first kappa shape index (κ1) is 19.2. The number of non-ortho nitro benzene ring substituents is 1. The van der Waals surface area contributed by atoms with Gasteiger partial charge in [0.05, 0.1) is 31.9 Å². The van der Waals surface area contributed by atoms with E-state index in [2.05, 4.69) is 5.32 Å². The zero-order valence-corrected chi connectivity index (χ0v) is 14.9. The molecule has 0 aromatic heterocycles. The lowest BCUT2D eigenvalue weighted by atomic mass is 10.2. The molecule has 1 atom stereocenters. The Morgan fingerprint density at radius 2 is 1.85 bits per heavy atom. The molecule has 0 heterocycles. The van der Waals surface area contributed by atoms with Gasteiger partial charge in [0.2, 0.25) is 0 Å². The average molecular weight is 360 g/mol. The Morgan fingerprint density at radius 3 is 2.42 bits per heavy atom. The number of nitro benzene ring substituents is 1. The predicted octanol–water partition coefficient (Wildman–Crippen LogP) is 1.27. The molecule has 2 rings (SSSR count). The van der Waals surface area contributed by atoms with Gasteiger partial charge in [0.25, 0.3) is 11.6 Å². The molecule has 0 bridgehead atoms. The summed E-state index contributed by atoms with van der Waals surface area (Å²) in [7, 11) is 4.95. The normalized spacial score (nSPS) is 11.5. The molecule has 2 aromatic rings. The maximum Gasteiger partial charge on any atom is 0.279 e. The van der Waals surface area contributed by atoms with E-state index in [1.165, 1.54) is 25.3 Å². The highest BCUT2D eigenvalue weighted by Gasteiger charge is 2.16. The molecule has 8 heteroatoms. The van der Waals surface area contributed by atoms with Gasteiger partial charge in [0.1, 0.15) is 18.0 Å². The van der Waals surface area contributed by atoms with E-state index in [1.54, 1.807) is 7.11 Å². The summed E-state index contributed by atoms with van der Waals surface area (Å²) in [5, 5.41) is 13.6. The van der Waals surface area contributed by atoms with Crippen LogP contribution in [0.5, 0.6) is 11.5 Å². The Hall–Kier alpha value is -3.13. The third-order valence-corrected chi connectivity index (χ3v) is 3.80. The Bertz CT molecular complexity index is 777. The standard InChI is InChI=1S/C18H21N3O5/c1-20(11-13-4-7-15(25-2)8-5-13)12-18(22)19-16-10-14(21(23)24)6-9-17(16)26-3/h4-10H,11-12H2,1-3H3,(H,19,22)/p+1. The van der Waals surface area contributed by atoms with Crippen molar-refractivity contribution in [2.75, 3.05) is 33.1 Å². The number of methoxy groups -OCH3 is 2. The number of hydrogen-bond acceptors (Lipinski definition) is 5. The van der Waals surface area contributed by atoms with Gasteiger partial charge in [-0.05, 0) is 30.3 Å². The Morgan fingerprint density at radius 1 is 1.15 bits per heavy atom. The number of carbonyl (C=O) groups is 1. The minimum Gasteiger partial charge on any atom is -0.497 e. The first-order valence-corrected chi connectivity index (χ1v) is 7.99. The maximum atomic E-state index is 12.3. The molecule has 0 aliphatic heterocycles. The molecule has 0 saturated carbocycles. The molecule has 0 aliphatic carbocycles. The van der Waals surface area contributed by atoms with Gasteiger partial charge in [-0.15, -0.1) is 0 Å². The second-order valence-electron chi connectivity index (χ2n) is 5.85. The smallest absolute Gasteiger partial charge is 0.279 e. The van der Waals surface area contributed by atoms with Crippen LogP contribution in [0.3, 0.4) is 0 Å². The van der Waals surface area contributed by atoms with Crippen molar-refractivity contribution in [3.05, 3.63) is 58.1 Å². The fourth-order valence-electron chi connectivity index (χ4n) is 2.53. The zero-order chi connectivity index (χ0) is 19.1. The number of rotatable bonds is 8. The van der Waals surface area contributed by atoms with E-state index in [-0.39, 0.29) is 23.8 Å². The molecular formula is C18H22N3O5+. The lowest BCUT2D eigenvalue weighted by Crippen LogP contribution is -3.08. The third kappa shape index (κ3) is 5.18. The third-order valence-electron chi connectivity index (χ3n) is 3.80. The molecule has 0 spiro atoms. The van der Waals surface area contributed by atoms with Crippen molar-refractivity contribution in [1.82, 2.24) is 0 Å². The summed E-state index contributed by atoms with van der Waals surface area (Å²) in [4.78, 5) is 23.6. The number of anilines is 1. The first-order chi connectivity index (χ1) is 12.4. The van der Waals surface area contributed by atoms with E-state index < -0.39 is 4.92 Å². The Balaban J connectivity index is 1.98. The minimum atomic E-state index is -0.518. The van der Waals surface area contributed by atoms with Crippen LogP contribution in [0.4, 0.5) is 11.4 Å². The van der Waals surface area contributed by atoms with Crippen LogP contribution in [0.15, 0.2) is 42.5 Å². The van der Waals surface area contributed by atoms with E-state index >= 15 is 0 Å². The van der Waals surface area contributed by atoms with Crippen molar-refractivity contribution in [2.24, 2.45) is 0 Å². The highest BCUT2D eigenvalue weighted by molar-refractivity contribution is 5.93. The van der Waals surface area contributed by atoms with Crippen molar-refractivity contribution in [2.45, 2.75) is 6.54 Å². The minimum absolute atomic E-state index is 0.111. The molecule has 0 radical (unpaired) electrons. The lowest BCUT2D eigenvalue weighted by molar-refractivity contribution is -0.885. The van der Waals surface area contributed by atoms with Crippen molar-refractivity contribution in [3.63, 3.8) is 0 Å². The number of carbonyl (C=O) groups excluding carboxylic acids is 1. The largest absolute Gasteiger partial charge is 0.497 e. The molecule has 138 valence electrons. The second-order valence-corrected chi connectivity index (χ2v) is 5.85. The van der Waals surface area contributed by atoms with Crippen molar-refractivity contribution < 1.29 is 24.1 Å². The van der Waals surface area contributed by atoms with E-state index in [4.69, 9.17) is 9.47 Å². The summed E-state index contributed by atoms with van der Waals surface area (Å²) in [6.07, 6.45) is 0. The fraction of sp³-hybridized carbons (Fsp3) is 0.278. The molecule has 0 fully saturated rings. The summed E-state index contributed by atoms with van der Waals surface area (Å²) < 4.78 is 10.3. The number of nitro groups is 1. The van der Waals surface area contributed by atoms with Crippen LogP contribution >= 0.6 is 0 Å². The molecule has 2 aromatic carbocycles. The van der Waals surface area contributed by atoms with Gasteiger partial charge in [0.15, 0.2) is 6.54 Å². The highest BCUT2D eigenvalue weighted by Crippen LogP contribution is 2.28. The van der Waals surface area contributed by atoms with Crippen LogP contribution in [0.2, 0.25) is 0 Å². The van der Waals surface area contributed by atoms with E-state index in [0.29, 0.717) is 12.3 Å². The Labute approximate surface area is 151 Å². The lowest BCUT2D eigenvalue weighted by Gasteiger charge is -2.15. The molecule has 2 N–H and O–H groups in total. The zero-order valence-electron chi connectivity index (χ0n) is 14.9. The molecule has 26 heavy (non-hydrogen) atoms. The van der Waals surface area contributed by atoms with Crippen LogP contribution < -0.4 is 19.7 Å². The van der Waals surface area contributed by atoms with Gasteiger partial charge >= 0.3 is 0 Å². The van der Waals surface area contributed by atoms with E-state index in [1.807, 2.05) is 31.3 Å². The van der Waals surface area contributed by atoms with Crippen molar-refractivity contribution in [1.29, 1.82) is 0 Å². The predicted molar refractivity (Wildman–Crippen MR) is 96.7 cm³/mol. The SMILES string of the molecule is COc1ccc(C[NH+](C)CC(=O)Nc2cc([N+](=O)[O-])ccc2OC)cc1. The van der Waals surface area contributed by atoms with Crippen molar-refractivity contribution in [3.8, 4) is 11.5 Å². The molecule has 0 aliphatic rings. The van der Waals surface area contributed by atoms with Gasteiger partial charge < -0.3 is 19.7 Å². The number of likely N-dealkylation sites (N-methyl/N-ethyl adjacent to an activating group) is 1. The van der Waals surface area contributed by atoms with Crippen molar-refractivity contribution >= 4 is 17.3 Å². The van der Waals surface area contributed by atoms with Crippen LogP contribution in [0.25, 0.3) is 0 Å². The second kappa shape index (κ2) is 8.82.